The van der Waals surface area contributed by atoms with E-state index in [4.69, 9.17) is 0 Å². The second-order valence-corrected chi connectivity index (χ2v) is 6.29. The molecule has 1 unspecified atom stereocenters. The van der Waals surface area contributed by atoms with Crippen LogP contribution < -0.4 is 5.32 Å². The zero-order valence-electron chi connectivity index (χ0n) is 12.4. The quantitative estimate of drug-likeness (QED) is 0.681. The molecular formula is C16H27NOS. The van der Waals surface area contributed by atoms with Gasteiger partial charge in [-0.25, -0.2) is 0 Å². The lowest BCUT2D eigenvalue weighted by atomic mass is 9.92. The van der Waals surface area contributed by atoms with Crippen molar-refractivity contribution in [3.8, 4) is 0 Å². The fourth-order valence-electron chi connectivity index (χ4n) is 2.25. The molecule has 0 heterocycles. The van der Waals surface area contributed by atoms with E-state index in [0.29, 0.717) is 0 Å². The number of hydrogen-bond donors (Lipinski definition) is 2. The predicted octanol–water partition coefficient (Wildman–Crippen LogP) is 3.37. The van der Waals surface area contributed by atoms with E-state index >= 15 is 0 Å². The number of likely N-dealkylation sites (N-methyl/N-ethyl adjacent to an activating group) is 1. The van der Waals surface area contributed by atoms with E-state index in [9.17, 15) is 5.11 Å². The van der Waals surface area contributed by atoms with Gasteiger partial charge < -0.3 is 10.4 Å². The molecule has 2 nitrogen and oxygen atoms in total. The first-order chi connectivity index (χ1) is 9.15. The zero-order chi connectivity index (χ0) is 14.1. The predicted molar refractivity (Wildman–Crippen MR) is 85.7 cm³/mol. The maximum atomic E-state index is 9.47. The summed E-state index contributed by atoms with van der Waals surface area (Å²) in [5.41, 5.74) is 2.66. The van der Waals surface area contributed by atoms with E-state index in [1.165, 1.54) is 11.1 Å². The van der Waals surface area contributed by atoms with Gasteiger partial charge in [0.2, 0.25) is 0 Å². The van der Waals surface area contributed by atoms with Gasteiger partial charge in [0.25, 0.3) is 0 Å². The van der Waals surface area contributed by atoms with Crippen molar-refractivity contribution in [2.24, 2.45) is 0 Å². The van der Waals surface area contributed by atoms with Gasteiger partial charge in [-0.1, -0.05) is 36.8 Å². The first-order valence-corrected chi connectivity index (χ1v) is 8.24. The molecule has 19 heavy (non-hydrogen) atoms. The van der Waals surface area contributed by atoms with Crippen molar-refractivity contribution >= 4 is 11.8 Å². The van der Waals surface area contributed by atoms with Gasteiger partial charge in [-0.05, 0) is 44.6 Å². The van der Waals surface area contributed by atoms with Crippen molar-refractivity contribution in [3.05, 3.63) is 35.4 Å². The van der Waals surface area contributed by atoms with Gasteiger partial charge in [-0.2, -0.15) is 11.8 Å². The van der Waals surface area contributed by atoms with E-state index in [-0.39, 0.29) is 12.1 Å². The van der Waals surface area contributed by atoms with Crippen LogP contribution >= 0.6 is 11.8 Å². The topological polar surface area (TPSA) is 32.3 Å². The average Bonchev–Trinajstić information content (AvgIpc) is 2.44. The minimum absolute atomic E-state index is 0.0795. The third-order valence-corrected chi connectivity index (χ3v) is 4.92. The molecule has 0 amide bonds. The lowest BCUT2D eigenvalue weighted by Crippen LogP contribution is -2.45. The van der Waals surface area contributed by atoms with Crippen LogP contribution in [0.1, 0.15) is 37.3 Å². The zero-order valence-corrected chi connectivity index (χ0v) is 13.2. The Morgan fingerprint density at radius 2 is 2.16 bits per heavy atom. The van der Waals surface area contributed by atoms with Crippen molar-refractivity contribution in [2.45, 2.75) is 44.4 Å². The van der Waals surface area contributed by atoms with E-state index in [1.54, 1.807) is 0 Å². The van der Waals surface area contributed by atoms with Crippen molar-refractivity contribution in [3.63, 3.8) is 0 Å². The maximum Gasteiger partial charge on any atom is 0.0613 e. The summed E-state index contributed by atoms with van der Waals surface area (Å²) in [5, 5.41) is 12.7. The van der Waals surface area contributed by atoms with Crippen molar-refractivity contribution in [1.82, 2.24) is 5.32 Å². The molecule has 0 aliphatic rings. The molecule has 0 radical (unpaired) electrons. The molecule has 0 aliphatic heterocycles. The maximum absolute atomic E-state index is 9.47. The lowest BCUT2D eigenvalue weighted by Gasteiger charge is -2.30. The molecule has 3 heteroatoms. The summed E-state index contributed by atoms with van der Waals surface area (Å²) in [6, 6.07) is 8.71. The smallest absolute Gasteiger partial charge is 0.0613 e. The molecule has 1 aromatic rings. The third kappa shape index (κ3) is 5.55. The van der Waals surface area contributed by atoms with E-state index < -0.39 is 0 Å². The molecular weight excluding hydrogens is 254 g/mol. The highest BCUT2D eigenvalue weighted by atomic mass is 32.2. The highest BCUT2D eigenvalue weighted by Gasteiger charge is 2.23. The third-order valence-electron chi connectivity index (χ3n) is 3.80. The number of hydrogen-bond acceptors (Lipinski definition) is 3. The Kier molecular flexibility index (Phi) is 7.51. The SMILES string of the molecule is CCC(CO)(CCCSCc1cccc(C)c1)NC. The monoisotopic (exact) mass is 281 g/mol. The normalized spacial score (nSPS) is 14.3. The Bertz CT molecular complexity index is 355. The Hall–Kier alpha value is -0.510. The van der Waals surface area contributed by atoms with Gasteiger partial charge >= 0.3 is 0 Å². The Balaban J connectivity index is 2.24. The van der Waals surface area contributed by atoms with E-state index in [1.807, 2.05) is 18.8 Å². The number of benzene rings is 1. The fourth-order valence-corrected chi connectivity index (χ4v) is 3.16. The molecule has 1 atom stereocenters. The number of nitrogens with one attached hydrogen (secondary N) is 1. The fraction of sp³-hybridized carbons (Fsp3) is 0.625. The molecule has 1 rings (SSSR count). The summed E-state index contributed by atoms with van der Waals surface area (Å²) in [6.07, 6.45) is 3.16. The molecule has 0 fully saturated rings. The van der Waals surface area contributed by atoms with Crippen LogP contribution in [0.3, 0.4) is 0 Å². The first-order valence-electron chi connectivity index (χ1n) is 7.09. The summed E-state index contributed by atoms with van der Waals surface area (Å²) in [4.78, 5) is 0. The number of aryl methyl sites for hydroxylation is 1. The molecule has 0 spiro atoms. The number of rotatable bonds is 9. The lowest BCUT2D eigenvalue weighted by molar-refractivity contribution is 0.154. The van der Waals surface area contributed by atoms with Crippen molar-refractivity contribution in [1.29, 1.82) is 0 Å². The minimum Gasteiger partial charge on any atom is -0.394 e. The van der Waals surface area contributed by atoms with Crippen LogP contribution in [0.15, 0.2) is 24.3 Å². The Morgan fingerprint density at radius 1 is 1.37 bits per heavy atom. The van der Waals surface area contributed by atoms with Crippen LogP contribution in [0.4, 0.5) is 0 Å². The molecule has 0 bridgehead atoms. The number of aliphatic hydroxyl groups is 1. The van der Waals surface area contributed by atoms with Gasteiger partial charge in [0.1, 0.15) is 0 Å². The summed E-state index contributed by atoms with van der Waals surface area (Å²) in [5.74, 6) is 2.23. The van der Waals surface area contributed by atoms with Crippen LogP contribution in [-0.2, 0) is 5.75 Å². The second kappa shape index (κ2) is 8.62. The second-order valence-electron chi connectivity index (χ2n) is 5.19. The Labute approximate surface area is 122 Å². The number of thioether (sulfide) groups is 1. The summed E-state index contributed by atoms with van der Waals surface area (Å²) < 4.78 is 0. The average molecular weight is 281 g/mol. The summed E-state index contributed by atoms with van der Waals surface area (Å²) in [7, 11) is 1.94. The van der Waals surface area contributed by atoms with Crippen molar-refractivity contribution < 1.29 is 5.11 Å². The largest absolute Gasteiger partial charge is 0.394 e. The van der Waals surface area contributed by atoms with Gasteiger partial charge in [-0.15, -0.1) is 0 Å². The van der Waals surface area contributed by atoms with Gasteiger partial charge in [0.05, 0.1) is 6.61 Å². The van der Waals surface area contributed by atoms with Gasteiger partial charge in [0.15, 0.2) is 0 Å². The van der Waals surface area contributed by atoms with Crippen LogP contribution in [-0.4, -0.2) is 30.1 Å². The van der Waals surface area contributed by atoms with Crippen LogP contribution in [0.25, 0.3) is 0 Å². The molecule has 1 aromatic carbocycles. The molecule has 0 saturated heterocycles. The molecule has 108 valence electrons. The highest BCUT2D eigenvalue weighted by molar-refractivity contribution is 7.98. The van der Waals surface area contributed by atoms with Crippen LogP contribution in [0, 0.1) is 6.92 Å². The van der Waals surface area contributed by atoms with Crippen molar-refractivity contribution in [2.75, 3.05) is 19.4 Å². The first kappa shape index (κ1) is 16.5. The molecule has 0 aromatic heterocycles. The van der Waals surface area contributed by atoms with Crippen LogP contribution in [0.5, 0.6) is 0 Å². The summed E-state index contributed by atoms with van der Waals surface area (Å²) in [6.45, 7) is 4.49. The minimum atomic E-state index is -0.0795. The van der Waals surface area contributed by atoms with Gasteiger partial charge in [-0.3, -0.25) is 0 Å². The van der Waals surface area contributed by atoms with Gasteiger partial charge in [0, 0.05) is 11.3 Å². The van der Waals surface area contributed by atoms with Crippen LogP contribution in [0.2, 0.25) is 0 Å². The molecule has 0 saturated carbocycles. The molecule has 2 N–H and O–H groups in total. The number of aliphatic hydroxyl groups excluding tert-OH is 1. The Morgan fingerprint density at radius 3 is 2.74 bits per heavy atom. The molecule has 0 aliphatic carbocycles. The van der Waals surface area contributed by atoms with E-state index in [0.717, 1.165) is 30.8 Å². The highest BCUT2D eigenvalue weighted by Crippen LogP contribution is 2.20. The summed E-state index contributed by atoms with van der Waals surface area (Å²) >= 11 is 1.98. The van der Waals surface area contributed by atoms with E-state index in [2.05, 4.69) is 43.4 Å². The standard InChI is InChI=1S/C16H27NOS/c1-4-16(13-18,17-3)9-6-10-19-12-15-8-5-7-14(2)11-15/h5,7-8,11,17-18H,4,6,9-10,12-13H2,1-3H3.